The molecule has 5 nitrogen and oxygen atoms in total. The minimum Gasteiger partial charge on any atom is -0.390 e. The topological polar surface area (TPSA) is 78.2 Å². The molecule has 0 spiro atoms. The van der Waals surface area contributed by atoms with Crippen molar-refractivity contribution in [1.82, 2.24) is 0 Å². The highest BCUT2D eigenvalue weighted by Crippen LogP contribution is 2.15. The van der Waals surface area contributed by atoms with Gasteiger partial charge in [0, 0.05) is 11.5 Å². The Morgan fingerprint density at radius 3 is 3.18 bits per heavy atom. The lowest BCUT2D eigenvalue weighted by molar-refractivity contribution is 0.00371. The van der Waals surface area contributed by atoms with Crippen LogP contribution in [0, 0.1) is 0 Å². The van der Waals surface area contributed by atoms with Crippen LogP contribution >= 0.6 is 0 Å². The molecule has 2 atom stereocenters. The highest BCUT2D eigenvalue weighted by molar-refractivity contribution is 4.75. The highest BCUT2D eigenvalue weighted by atomic mass is 16.5. The lowest BCUT2D eigenvalue weighted by Gasteiger charge is -2.14. The Morgan fingerprint density at radius 2 is 2.64 bits per heavy atom. The van der Waals surface area contributed by atoms with E-state index in [0.29, 0.717) is 6.61 Å². The van der Waals surface area contributed by atoms with Crippen LogP contribution in [-0.2, 0) is 4.74 Å². The van der Waals surface area contributed by atoms with Crippen molar-refractivity contribution < 1.29 is 9.84 Å². The summed E-state index contributed by atoms with van der Waals surface area (Å²) in [6, 6.07) is 0. The molecule has 1 fully saturated rings. The monoisotopic (exact) mass is 157 g/mol. The molecule has 1 N–H and O–H groups in total. The summed E-state index contributed by atoms with van der Waals surface area (Å²) >= 11 is 0. The summed E-state index contributed by atoms with van der Waals surface area (Å²) in [5, 5.41) is 12.6. The van der Waals surface area contributed by atoms with Crippen LogP contribution in [0.3, 0.4) is 0 Å². The molecule has 0 bridgehead atoms. The molecule has 2 unspecified atom stereocenters. The van der Waals surface area contributed by atoms with Crippen LogP contribution in [-0.4, -0.2) is 30.5 Å². The van der Waals surface area contributed by atoms with Gasteiger partial charge in [0.2, 0.25) is 0 Å². The van der Waals surface area contributed by atoms with Gasteiger partial charge in [0.05, 0.1) is 18.8 Å². The second-order valence-corrected chi connectivity index (χ2v) is 2.53. The molecule has 1 saturated heterocycles. The van der Waals surface area contributed by atoms with E-state index in [0.717, 1.165) is 12.8 Å². The fourth-order valence-corrected chi connectivity index (χ4v) is 1.14. The fraction of sp³-hybridized carbons (Fsp3) is 1.00. The summed E-state index contributed by atoms with van der Waals surface area (Å²) in [6.45, 7) is 0.819. The maximum Gasteiger partial charge on any atom is 0.0858 e. The van der Waals surface area contributed by atoms with Crippen molar-refractivity contribution in [3.63, 3.8) is 0 Å². The number of nitrogens with zero attached hydrogens (tertiary/aromatic N) is 3. The molecule has 0 aromatic heterocycles. The first-order valence-electron chi connectivity index (χ1n) is 3.65. The summed E-state index contributed by atoms with van der Waals surface area (Å²) in [5.41, 5.74) is 7.96. The minimum absolute atomic E-state index is 0.112. The van der Waals surface area contributed by atoms with Gasteiger partial charge in [-0.05, 0) is 18.4 Å². The zero-order chi connectivity index (χ0) is 8.10. The Labute approximate surface area is 64.6 Å². The van der Waals surface area contributed by atoms with E-state index in [4.69, 9.17) is 10.3 Å². The van der Waals surface area contributed by atoms with E-state index in [2.05, 4.69) is 10.0 Å². The van der Waals surface area contributed by atoms with E-state index < -0.39 is 6.10 Å². The molecular weight excluding hydrogens is 146 g/mol. The Morgan fingerprint density at radius 1 is 1.82 bits per heavy atom. The predicted molar refractivity (Wildman–Crippen MR) is 39.0 cm³/mol. The summed E-state index contributed by atoms with van der Waals surface area (Å²) < 4.78 is 5.18. The van der Waals surface area contributed by atoms with Crippen molar-refractivity contribution in [3.05, 3.63) is 10.4 Å². The maximum atomic E-state index is 9.29. The van der Waals surface area contributed by atoms with Crippen molar-refractivity contribution >= 4 is 0 Å². The fourth-order valence-electron chi connectivity index (χ4n) is 1.14. The Kier molecular flexibility index (Phi) is 3.16. The number of aliphatic hydroxyl groups is 1. The molecule has 1 rings (SSSR count). The van der Waals surface area contributed by atoms with Crippen molar-refractivity contribution in [2.75, 3.05) is 13.2 Å². The second-order valence-electron chi connectivity index (χ2n) is 2.53. The molecule has 0 radical (unpaired) electrons. The molecule has 5 heteroatoms. The van der Waals surface area contributed by atoms with Gasteiger partial charge in [-0.15, -0.1) is 0 Å². The van der Waals surface area contributed by atoms with Gasteiger partial charge in [0.25, 0.3) is 0 Å². The zero-order valence-electron chi connectivity index (χ0n) is 6.18. The quantitative estimate of drug-likeness (QED) is 0.374. The van der Waals surface area contributed by atoms with Crippen molar-refractivity contribution in [1.29, 1.82) is 0 Å². The largest absolute Gasteiger partial charge is 0.390 e. The molecule has 1 aliphatic rings. The van der Waals surface area contributed by atoms with E-state index in [-0.39, 0.29) is 12.6 Å². The van der Waals surface area contributed by atoms with E-state index >= 15 is 0 Å². The average Bonchev–Trinajstić information content (AvgIpc) is 2.52. The number of aliphatic hydroxyl groups excluding tert-OH is 1. The van der Waals surface area contributed by atoms with Gasteiger partial charge in [-0.25, -0.2) is 0 Å². The molecular formula is C6H11N3O2. The summed E-state index contributed by atoms with van der Waals surface area (Å²) in [5.74, 6) is 0. The molecule has 1 aliphatic heterocycles. The summed E-state index contributed by atoms with van der Waals surface area (Å²) in [6.07, 6.45) is 1.09. The lowest BCUT2D eigenvalue weighted by atomic mass is 10.1. The number of rotatable bonds is 3. The molecule has 62 valence electrons. The maximum absolute atomic E-state index is 9.29. The van der Waals surface area contributed by atoms with Gasteiger partial charge in [-0.2, -0.15) is 0 Å². The Hall–Kier alpha value is -0.770. The first kappa shape index (κ1) is 8.33. The van der Waals surface area contributed by atoms with Crippen LogP contribution in [0.25, 0.3) is 10.4 Å². The third kappa shape index (κ3) is 2.38. The van der Waals surface area contributed by atoms with Crippen LogP contribution in [0.4, 0.5) is 0 Å². The molecule has 0 aromatic carbocycles. The van der Waals surface area contributed by atoms with Crippen LogP contribution in [0.5, 0.6) is 0 Å². The van der Waals surface area contributed by atoms with E-state index in [1.807, 2.05) is 0 Å². The van der Waals surface area contributed by atoms with Crippen molar-refractivity contribution in [3.8, 4) is 0 Å². The highest BCUT2D eigenvalue weighted by Gasteiger charge is 2.22. The SMILES string of the molecule is [N-]=[N+]=NCC(O)C1CCCO1. The first-order chi connectivity index (χ1) is 5.34. The van der Waals surface area contributed by atoms with Gasteiger partial charge in [0.1, 0.15) is 0 Å². The van der Waals surface area contributed by atoms with Gasteiger partial charge in [0.15, 0.2) is 0 Å². The normalized spacial score (nSPS) is 26.1. The van der Waals surface area contributed by atoms with Crippen LogP contribution in [0.2, 0.25) is 0 Å². The molecule has 0 aliphatic carbocycles. The Balaban J connectivity index is 2.27. The van der Waals surface area contributed by atoms with Crippen LogP contribution < -0.4 is 0 Å². The lowest BCUT2D eigenvalue weighted by Crippen LogP contribution is -2.27. The van der Waals surface area contributed by atoms with Crippen LogP contribution in [0.1, 0.15) is 12.8 Å². The summed E-state index contributed by atoms with van der Waals surface area (Å²) in [4.78, 5) is 2.56. The van der Waals surface area contributed by atoms with Crippen LogP contribution in [0.15, 0.2) is 5.11 Å². The zero-order valence-corrected chi connectivity index (χ0v) is 6.18. The first-order valence-corrected chi connectivity index (χ1v) is 3.65. The van der Waals surface area contributed by atoms with Gasteiger partial charge in [-0.1, -0.05) is 5.11 Å². The minimum atomic E-state index is -0.631. The van der Waals surface area contributed by atoms with Gasteiger partial charge in [-0.3, -0.25) is 0 Å². The molecule has 1 heterocycles. The van der Waals surface area contributed by atoms with Crippen molar-refractivity contribution in [2.24, 2.45) is 5.11 Å². The third-order valence-electron chi connectivity index (χ3n) is 1.73. The van der Waals surface area contributed by atoms with E-state index in [1.165, 1.54) is 0 Å². The predicted octanol–water partition coefficient (Wildman–Crippen LogP) is 0.837. The third-order valence-corrected chi connectivity index (χ3v) is 1.73. The summed E-state index contributed by atoms with van der Waals surface area (Å²) in [7, 11) is 0. The van der Waals surface area contributed by atoms with E-state index in [1.54, 1.807) is 0 Å². The van der Waals surface area contributed by atoms with Crippen molar-refractivity contribution in [2.45, 2.75) is 25.0 Å². The molecule has 0 saturated carbocycles. The van der Waals surface area contributed by atoms with Gasteiger partial charge < -0.3 is 9.84 Å². The number of ether oxygens (including phenoxy) is 1. The van der Waals surface area contributed by atoms with E-state index in [9.17, 15) is 5.11 Å². The Bertz CT molecular complexity index is 161. The molecule has 0 amide bonds. The molecule has 11 heavy (non-hydrogen) atoms. The number of hydrogen-bond donors (Lipinski definition) is 1. The number of azide groups is 1. The number of hydrogen-bond acceptors (Lipinski definition) is 3. The average molecular weight is 157 g/mol. The smallest absolute Gasteiger partial charge is 0.0858 e. The van der Waals surface area contributed by atoms with Gasteiger partial charge >= 0.3 is 0 Å². The standard InChI is InChI=1S/C6H11N3O2/c7-9-8-4-5(10)6-2-1-3-11-6/h5-6,10H,1-4H2. The second kappa shape index (κ2) is 4.18. The molecule has 0 aromatic rings.